The number of ether oxygens (including phenoxy) is 1. The highest BCUT2D eigenvalue weighted by Gasteiger charge is 2.20. The number of hydrogen-bond acceptors (Lipinski definition) is 6. The Labute approximate surface area is 171 Å². The van der Waals surface area contributed by atoms with Gasteiger partial charge in [0.1, 0.15) is 22.9 Å². The summed E-state index contributed by atoms with van der Waals surface area (Å²) < 4.78 is 21.9. The van der Waals surface area contributed by atoms with Crippen molar-refractivity contribution in [1.29, 1.82) is 0 Å². The van der Waals surface area contributed by atoms with Crippen molar-refractivity contribution < 1.29 is 13.9 Å². The largest absolute Gasteiger partial charge is 0.487 e. The van der Waals surface area contributed by atoms with Gasteiger partial charge in [-0.3, -0.25) is 9.78 Å². The topological polar surface area (TPSA) is 93.4 Å². The van der Waals surface area contributed by atoms with Gasteiger partial charge < -0.3 is 19.8 Å². The number of nitrogens with one attached hydrogen (secondary N) is 2. The molecule has 1 aliphatic rings. The molecule has 30 heavy (non-hydrogen) atoms. The number of carbonyl (C=O) groups excluding carboxylic acids is 1. The second kappa shape index (κ2) is 7.34. The van der Waals surface area contributed by atoms with Gasteiger partial charge >= 0.3 is 0 Å². The first-order chi connectivity index (χ1) is 14.6. The summed E-state index contributed by atoms with van der Waals surface area (Å²) in [6.07, 6.45) is 7.37. The first-order valence-corrected chi connectivity index (χ1v) is 9.66. The second-order valence-corrected chi connectivity index (χ2v) is 7.24. The van der Waals surface area contributed by atoms with Gasteiger partial charge in [-0.1, -0.05) is 0 Å². The number of halogens is 1. The number of amides is 1. The van der Waals surface area contributed by atoms with Crippen molar-refractivity contribution >= 4 is 28.3 Å². The number of rotatable bonds is 4. The second-order valence-electron chi connectivity index (χ2n) is 7.24. The lowest BCUT2D eigenvalue weighted by atomic mass is 10.1. The Morgan fingerprint density at radius 1 is 1.27 bits per heavy atom. The molecule has 0 bridgehead atoms. The number of imidazole rings is 1. The molecule has 1 fully saturated rings. The van der Waals surface area contributed by atoms with E-state index in [0.717, 1.165) is 19.5 Å². The highest BCUT2D eigenvalue weighted by molar-refractivity contribution is 6.12. The van der Waals surface area contributed by atoms with E-state index in [1.54, 1.807) is 42.0 Å². The summed E-state index contributed by atoms with van der Waals surface area (Å²) >= 11 is 0. The van der Waals surface area contributed by atoms with E-state index in [9.17, 15) is 9.18 Å². The van der Waals surface area contributed by atoms with Gasteiger partial charge in [-0.25, -0.2) is 14.4 Å². The quantitative estimate of drug-likeness (QED) is 0.541. The predicted molar refractivity (Wildman–Crippen MR) is 109 cm³/mol. The minimum atomic E-state index is -0.514. The van der Waals surface area contributed by atoms with Gasteiger partial charge in [0.15, 0.2) is 11.5 Å². The van der Waals surface area contributed by atoms with Crippen LogP contribution in [0.4, 0.5) is 10.1 Å². The maximum absolute atomic E-state index is 14.3. The number of carbonyl (C=O) groups is 1. The van der Waals surface area contributed by atoms with Crippen molar-refractivity contribution in [2.45, 2.75) is 19.4 Å². The van der Waals surface area contributed by atoms with Gasteiger partial charge in [0.25, 0.3) is 5.91 Å². The molecule has 9 heteroatoms. The predicted octanol–water partition coefficient (Wildman–Crippen LogP) is 2.72. The third kappa shape index (κ3) is 3.33. The molecular weight excluding hydrogens is 387 g/mol. The summed E-state index contributed by atoms with van der Waals surface area (Å²) in [5, 5.41) is 5.99. The van der Waals surface area contributed by atoms with Crippen molar-refractivity contribution in [2.75, 3.05) is 18.4 Å². The normalized spacial score (nSPS) is 16.3. The SMILES string of the molecule is Cc1cn2cc(NC(=O)c3ccc(OC4CCNC4)c4nccnc34)cc(F)c2n1. The monoisotopic (exact) mass is 406 g/mol. The number of anilines is 1. The highest BCUT2D eigenvalue weighted by atomic mass is 19.1. The summed E-state index contributed by atoms with van der Waals surface area (Å²) in [5.74, 6) is -0.339. The van der Waals surface area contributed by atoms with Crippen LogP contribution in [0.25, 0.3) is 16.7 Å². The van der Waals surface area contributed by atoms with E-state index in [2.05, 4.69) is 25.6 Å². The molecule has 1 amide bonds. The van der Waals surface area contributed by atoms with Crippen LogP contribution in [0.1, 0.15) is 22.5 Å². The zero-order valence-corrected chi connectivity index (χ0v) is 16.2. The lowest BCUT2D eigenvalue weighted by Crippen LogP contribution is -2.20. The minimum absolute atomic E-state index is 0.0585. The first-order valence-electron chi connectivity index (χ1n) is 9.66. The third-order valence-electron chi connectivity index (χ3n) is 5.03. The summed E-state index contributed by atoms with van der Waals surface area (Å²) in [6, 6.07) is 4.63. The Hall–Kier alpha value is -3.59. The number of fused-ring (bicyclic) bond motifs is 2. The summed E-state index contributed by atoms with van der Waals surface area (Å²) in [4.78, 5) is 25.8. The molecule has 1 saturated heterocycles. The van der Waals surface area contributed by atoms with Gasteiger partial charge in [-0.2, -0.15) is 0 Å². The fourth-order valence-corrected chi connectivity index (χ4v) is 3.67. The number of benzene rings is 1. The van der Waals surface area contributed by atoms with Crippen LogP contribution in [-0.4, -0.2) is 44.5 Å². The Bertz CT molecular complexity index is 1270. The lowest BCUT2D eigenvalue weighted by molar-refractivity contribution is 0.102. The van der Waals surface area contributed by atoms with Crippen LogP contribution in [0.2, 0.25) is 0 Å². The number of hydrogen-bond donors (Lipinski definition) is 2. The molecule has 4 aromatic rings. The van der Waals surface area contributed by atoms with Gasteiger partial charge in [-0.15, -0.1) is 0 Å². The first kappa shape index (κ1) is 18.4. The molecular formula is C21H19FN6O2. The van der Waals surface area contributed by atoms with Crippen LogP contribution in [0.3, 0.4) is 0 Å². The van der Waals surface area contributed by atoms with E-state index in [-0.39, 0.29) is 11.8 Å². The zero-order chi connectivity index (χ0) is 20.7. The Balaban J connectivity index is 1.47. The maximum atomic E-state index is 14.3. The zero-order valence-electron chi connectivity index (χ0n) is 16.2. The molecule has 0 aliphatic carbocycles. The summed E-state index contributed by atoms with van der Waals surface area (Å²) in [6.45, 7) is 3.46. The number of nitrogens with zero attached hydrogens (tertiary/aromatic N) is 4. The molecule has 0 spiro atoms. The fourth-order valence-electron chi connectivity index (χ4n) is 3.67. The smallest absolute Gasteiger partial charge is 0.257 e. The van der Waals surface area contributed by atoms with Crippen LogP contribution in [0.15, 0.2) is 43.0 Å². The van der Waals surface area contributed by atoms with Crippen molar-refractivity contribution in [1.82, 2.24) is 24.7 Å². The maximum Gasteiger partial charge on any atom is 0.257 e. The summed E-state index contributed by atoms with van der Waals surface area (Å²) in [5.41, 5.74) is 2.49. The fraction of sp³-hybridized carbons (Fsp3) is 0.238. The minimum Gasteiger partial charge on any atom is -0.487 e. The highest BCUT2D eigenvalue weighted by Crippen LogP contribution is 2.28. The van der Waals surface area contributed by atoms with Crippen molar-refractivity contribution in [3.63, 3.8) is 0 Å². The number of aryl methyl sites for hydroxylation is 1. The standard InChI is InChI=1S/C21H19FN6O2/c1-12-10-28-11-13(8-16(22)20(28)26-12)27-21(29)15-2-3-17(30-14-4-5-23-9-14)19-18(15)24-6-7-25-19/h2-3,6-8,10-11,14,23H,4-5,9H2,1H3,(H,27,29). The van der Waals surface area contributed by atoms with E-state index in [1.165, 1.54) is 12.3 Å². The third-order valence-corrected chi connectivity index (χ3v) is 5.03. The van der Waals surface area contributed by atoms with Crippen molar-refractivity contribution in [3.05, 3.63) is 60.1 Å². The van der Waals surface area contributed by atoms with E-state index < -0.39 is 11.7 Å². The lowest BCUT2D eigenvalue weighted by Gasteiger charge is -2.15. The molecule has 1 unspecified atom stereocenters. The molecule has 5 rings (SSSR count). The van der Waals surface area contributed by atoms with Gasteiger partial charge in [0, 0.05) is 37.4 Å². The molecule has 0 saturated carbocycles. The van der Waals surface area contributed by atoms with Crippen LogP contribution >= 0.6 is 0 Å². The molecule has 1 aliphatic heterocycles. The van der Waals surface area contributed by atoms with Gasteiger partial charge in [0.05, 0.1) is 16.9 Å². The summed E-state index contributed by atoms with van der Waals surface area (Å²) in [7, 11) is 0. The molecule has 3 aromatic heterocycles. The molecule has 0 radical (unpaired) electrons. The van der Waals surface area contributed by atoms with E-state index in [4.69, 9.17) is 4.74 Å². The number of pyridine rings is 1. The number of aromatic nitrogens is 4. The Morgan fingerprint density at radius 3 is 2.90 bits per heavy atom. The molecule has 8 nitrogen and oxygen atoms in total. The molecule has 1 atom stereocenters. The van der Waals surface area contributed by atoms with E-state index in [1.807, 2.05) is 0 Å². The van der Waals surface area contributed by atoms with Crippen LogP contribution in [-0.2, 0) is 0 Å². The van der Waals surface area contributed by atoms with E-state index in [0.29, 0.717) is 33.7 Å². The van der Waals surface area contributed by atoms with Crippen LogP contribution < -0.4 is 15.4 Å². The molecule has 4 heterocycles. The average molecular weight is 406 g/mol. The Morgan fingerprint density at radius 2 is 2.10 bits per heavy atom. The average Bonchev–Trinajstić information content (AvgIpc) is 3.37. The van der Waals surface area contributed by atoms with Crippen molar-refractivity contribution in [3.8, 4) is 5.75 Å². The van der Waals surface area contributed by atoms with E-state index >= 15 is 0 Å². The van der Waals surface area contributed by atoms with Gasteiger partial charge in [0.2, 0.25) is 0 Å². The van der Waals surface area contributed by atoms with Crippen molar-refractivity contribution in [2.24, 2.45) is 0 Å². The van der Waals surface area contributed by atoms with Crippen LogP contribution in [0, 0.1) is 12.7 Å². The molecule has 152 valence electrons. The van der Waals surface area contributed by atoms with Crippen LogP contribution in [0.5, 0.6) is 5.75 Å². The molecule has 2 N–H and O–H groups in total. The molecule has 1 aromatic carbocycles. The Kier molecular flexibility index (Phi) is 4.51. The van der Waals surface area contributed by atoms with Gasteiger partial charge in [-0.05, 0) is 32.0 Å².